The second-order valence-corrected chi connectivity index (χ2v) is 6.68. The summed E-state index contributed by atoms with van der Waals surface area (Å²) in [6, 6.07) is 4.86. The quantitative estimate of drug-likeness (QED) is 0.692. The Balaban J connectivity index is 0.000000304. The number of rotatable bonds is 0. The fourth-order valence-electron chi connectivity index (χ4n) is 0.629. The summed E-state index contributed by atoms with van der Waals surface area (Å²) in [5.74, 6) is 0.261. The van der Waals surface area contributed by atoms with Crippen molar-refractivity contribution in [1.29, 1.82) is 0 Å². The van der Waals surface area contributed by atoms with E-state index in [0.717, 1.165) is 5.56 Å². The molecule has 0 spiro atoms. The maximum atomic E-state index is 8.96. The Morgan fingerprint density at radius 3 is 1.76 bits per heavy atom. The molecule has 6 heteroatoms. The average Bonchev–Trinajstić information content (AvgIpc) is 2.09. The summed E-state index contributed by atoms with van der Waals surface area (Å²) >= 11 is 21.5. The lowest BCUT2D eigenvalue weighted by atomic mass is 10.2. The van der Waals surface area contributed by atoms with E-state index in [2.05, 4.69) is 0 Å². The molecule has 0 amide bonds. The van der Waals surface area contributed by atoms with Crippen LogP contribution in [0, 0.1) is 6.92 Å². The molecule has 1 aromatic carbocycles. The van der Waals surface area contributed by atoms with E-state index in [1.54, 1.807) is 18.2 Å². The van der Waals surface area contributed by atoms with Gasteiger partial charge in [0.05, 0.1) is 0 Å². The van der Waals surface area contributed by atoms with E-state index in [4.69, 9.17) is 56.6 Å². The molecule has 0 fully saturated rings. The molecule has 1 rings (SSSR count). The zero-order valence-electron chi connectivity index (χ0n) is 9.64. The Morgan fingerprint density at radius 2 is 1.53 bits per heavy atom. The smallest absolute Gasteiger partial charge is 0.218 e. The van der Waals surface area contributed by atoms with Crippen molar-refractivity contribution in [2.24, 2.45) is 0 Å². The third-order valence-electron chi connectivity index (χ3n) is 1.84. The lowest BCUT2D eigenvalue weighted by Crippen LogP contribution is -2.35. The highest BCUT2D eigenvalue weighted by Gasteiger charge is 2.38. The van der Waals surface area contributed by atoms with E-state index in [0.29, 0.717) is 5.02 Å². The molecule has 0 aliphatic carbocycles. The van der Waals surface area contributed by atoms with Gasteiger partial charge < -0.3 is 10.2 Å². The van der Waals surface area contributed by atoms with Crippen LogP contribution in [0.25, 0.3) is 0 Å². The molecule has 98 valence electrons. The second-order valence-electron chi connectivity index (χ2n) is 3.99. The fraction of sp³-hybridized carbons (Fsp3) is 0.455. The normalized spacial score (nSPS) is 11.8. The molecule has 0 unspecified atom stereocenters. The number of aryl methyl sites for hydroxylation is 1. The van der Waals surface area contributed by atoms with Crippen molar-refractivity contribution in [2.45, 2.75) is 30.2 Å². The van der Waals surface area contributed by atoms with Crippen LogP contribution in [0.5, 0.6) is 5.75 Å². The first-order chi connectivity index (χ1) is 7.45. The van der Waals surface area contributed by atoms with Crippen LogP contribution in [0.1, 0.15) is 19.4 Å². The van der Waals surface area contributed by atoms with E-state index in [9.17, 15) is 0 Å². The Labute approximate surface area is 121 Å². The molecule has 0 aliphatic rings. The van der Waals surface area contributed by atoms with Gasteiger partial charge in [-0.15, -0.1) is 0 Å². The molecular formula is C11H14Cl4O2. The molecule has 0 aromatic heterocycles. The number of halogens is 4. The summed E-state index contributed by atoms with van der Waals surface area (Å²) in [5.41, 5.74) is -0.367. The molecule has 0 saturated carbocycles. The number of hydrogen-bond donors (Lipinski definition) is 2. The molecule has 0 bridgehead atoms. The number of aromatic hydroxyl groups is 1. The standard InChI is InChI=1S/C7H7ClO.C4H7Cl3O/c1-5-4-6(9)2-3-7(5)8;1-3(2,8)4(5,6)7/h2-4,9H,1H3;8H,1-2H3. The first-order valence-corrected chi connectivity index (χ1v) is 6.20. The predicted octanol–water partition coefficient (Wildman–Crippen LogP) is 4.48. The number of benzene rings is 1. The summed E-state index contributed by atoms with van der Waals surface area (Å²) < 4.78 is -1.59. The lowest BCUT2D eigenvalue weighted by molar-refractivity contribution is 0.0847. The van der Waals surface area contributed by atoms with Crippen LogP contribution in [-0.2, 0) is 0 Å². The van der Waals surface area contributed by atoms with Gasteiger partial charge in [0, 0.05) is 5.02 Å². The summed E-state index contributed by atoms with van der Waals surface area (Å²) in [6.07, 6.45) is 0. The molecule has 0 heterocycles. The van der Waals surface area contributed by atoms with Gasteiger partial charge in [-0.3, -0.25) is 0 Å². The predicted molar refractivity (Wildman–Crippen MR) is 74.4 cm³/mol. The Kier molecular flexibility index (Phi) is 6.40. The number of phenols is 1. The Bertz CT molecular complexity index is 355. The van der Waals surface area contributed by atoms with Gasteiger partial charge in [0.15, 0.2) is 0 Å². The average molecular weight is 320 g/mol. The van der Waals surface area contributed by atoms with E-state index in [1.807, 2.05) is 6.92 Å². The maximum Gasteiger partial charge on any atom is 0.218 e. The molecule has 2 N–H and O–H groups in total. The van der Waals surface area contributed by atoms with Crippen molar-refractivity contribution in [2.75, 3.05) is 0 Å². The van der Waals surface area contributed by atoms with Gasteiger partial charge >= 0.3 is 0 Å². The van der Waals surface area contributed by atoms with Gasteiger partial charge in [-0.2, -0.15) is 0 Å². The number of phenolic OH excluding ortho intramolecular Hbond substituents is 1. The van der Waals surface area contributed by atoms with Crippen molar-refractivity contribution in [3.05, 3.63) is 28.8 Å². The van der Waals surface area contributed by atoms with Gasteiger partial charge in [0.25, 0.3) is 0 Å². The summed E-state index contributed by atoms with van der Waals surface area (Å²) in [5, 5.41) is 18.5. The van der Waals surface area contributed by atoms with Gasteiger partial charge in [-0.1, -0.05) is 46.4 Å². The summed E-state index contributed by atoms with van der Waals surface area (Å²) in [4.78, 5) is 0. The zero-order chi connectivity index (χ0) is 13.9. The first-order valence-electron chi connectivity index (χ1n) is 4.69. The van der Waals surface area contributed by atoms with Crippen LogP contribution >= 0.6 is 46.4 Å². The van der Waals surface area contributed by atoms with E-state index in [-0.39, 0.29) is 5.75 Å². The highest BCUT2D eigenvalue weighted by atomic mass is 35.6. The Morgan fingerprint density at radius 1 is 1.12 bits per heavy atom. The van der Waals surface area contributed by atoms with E-state index < -0.39 is 9.39 Å². The molecule has 0 aliphatic heterocycles. The molecule has 0 radical (unpaired) electrons. The lowest BCUT2D eigenvalue weighted by Gasteiger charge is -2.25. The molecular weight excluding hydrogens is 306 g/mol. The van der Waals surface area contributed by atoms with Crippen molar-refractivity contribution in [3.8, 4) is 5.75 Å². The largest absolute Gasteiger partial charge is 0.508 e. The van der Waals surface area contributed by atoms with Gasteiger partial charge in [0.2, 0.25) is 3.79 Å². The zero-order valence-corrected chi connectivity index (χ0v) is 12.7. The molecule has 0 saturated heterocycles. The molecule has 17 heavy (non-hydrogen) atoms. The SMILES string of the molecule is CC(C)(O)C(Cl)(Cl)Cl.Cc1cc(O)ccc1Cl. The molecule has 2 nitrogen and oxygen atoms in total. The van der Waals surface area contributed by atoms with Crippen LogP contribution in [0.4, 0.5) is 0 Å². The van der Waals surface area contributed by atoms with Crippen molar-refractivity contribution >= 4 is 46.4 Å². The minimum absolute atomic E-state index is 0.261. The molecule has 1 aromatic rings. The minimum atomic E-state index is -1.59. The summed E-state index contributed by atoms with van der Waals surface area (Å²) in [7, 11) is 0. The van der Waals surface area contributed by atoms with Gasteiger partial charge in [-0.05, 0) is 44.5 Å². The van der Waals surface area contributed by atoms with Crippen LogP contribution in [0.2, 0.25) is 5.02 Å². The van der Waals surface area contributed by atoms with Crippen molar-refractivity contribution < 1.29 is 10.2 Å². The number of alkyl halides is 3. The van der Waals surface area contributed by atoms with Crippen LogP contribution < -0.4 is 0 Å². The van der Waals surface area contributed by atoms with E-state index >= 15 is 0 Å². The number of aliphatic hydroxyl groups is 1. The van der Waals surface area contributed by atoms with Crippen molar-refractivity contribution in [3.63, 3.8) is 0 Å². The van der Waals surface area contributed by atoms with E-state index in [1.165, 1.54) is 13.8 Å². The number of hydrogen-bond acceptors (Lipinski definition) is 2. The highest BCUT2D eigenvalue weighted by Crippen LogP contribution is 2.37. The first kappa shape index (κ1) is 17.1. The maximum absolute atomic E-state index is 8.96. The van der Waals surface area contributed by atoms with Gasteiger partial charge in [-0.25, -0.2) is 0 Å². The van der Waals surface area contributed by atoms with Gasteiger partial charge in [0.1, 0.15) is 11.4 Å². The van der Waals surface area contributed by atoms with Crippen LogP contribution in [0.3, 0.4) is 0 Å². The Hall–Kier alpha value is 0.140. The fourth-order valence-corrected chi connectivity index (χ4v) is 0.746. The van der Waals surface area contributed by atoms with Crippen molar-refractivity contribution in [1.82, 2.24) is 0 Å². The topological polar surface area (TPSA) is 40.5 Å². The third-order valence-corrected chi connectivity index (χ3v) is 3.65. The third kappa shape index (κ3) is 6.58. The summed E-state index contributed by atoms with van der Waals surface area (Å²) in [6.45, 7) is 4.71. The van der Waals surface area contributed by atoms with Crippen LogP contribution in [0.15, 0.2) is 18.2 Å². The molecule has 0 atom stereocenters. The highest BCUT2D eigenvalue weighted by molar-refractivity contribution is 6.68. The second kappa shape index (κ2) is 6.35. The minimum Gasteiger partial charge on any atom is -0.508 e. The monoisotopic (exact) mass is 318 g/mol. The van der Waals surface area contributed by atoms with Crippen LogP contribution in [-0.4, -0.2) is 19.6 Å².